The highest BCUT2D eigenvalue weighted by Gasteiger charge is 2.06. The average molecular weight is 468 g/mol. The van der Waals surface area contributed by atoms with Crippen LogP contribution in [-0.4, -0.2) is 10.9 Å². The molecule has 2 aromatic carbocycles. The molecule has 0 saturated carbocycles. The van der Waals surface area contributed by atoms with Gasteiger partial charge in [0.05, 0.1) is 10.0 Å². The monoisotopic (exact) mass is 466 g/mol. The number of aromatic nitrogens is 1. The Hall–Kier alpha value is -1.66. The standard InChI is InChI=1S/C19H13BrCl2N2OS/c20-14-5-1-12(2-6-14)9-15-11-23-19(26-15)24-18(25)8-4-13-3-7-16(21)17(22)10-13/h1-8,10-11H,9H2,(H,23,24,25)/b8-4-. The summed E-state index contributed by atoms with van der Waals surface area (Å²) in [6.45, 7) is 0. The molecule has 1 amide bonds. The van der Waals surface area contributed by atoms with Gasteiger partial charge in [0.15, 0.2) is 5.13 Å². The topological polar surface area (TPSA) is 42.0 Å². The van der Waals surface area contributed by atoms with E-state index in [0.29, 0.717) is 15.2 Å². The van der Waals surface area contributed by atoms with Gasteiger partial charge in [0, 0.05) is 28.0 Å². The van der Waals surface area contributed by atoms with Gasteiger partial charge in [-0.3, -0.25) is 10.1 Å². The first-order chi connectivity index (χ1) is 12.5. The fraction of sp³-hybridized carbons (Fsp3) is 0.0526. The van der Waals surface area contributed by atoms with Crippen LogP contribution in [0.3, 0.4) is 0 Å². The number of nitrogens with zero attached hydrogens (tertiary/aromatic N) is 1. The summed E-state index contributed by atoms with van der Waals surface area (Å²) in [6, 6.07) is 13.3. The third-order valence-corrected chi connectivity index (χ3v) is 5.63. The maximum Gasteiger partial charge on any atom is 0.250 e. The zero-order valence-corrected chi connectivity index (χ0v) is 17.3. The van der Waals surface area contributed by atoms with E-state index >= 15 is 0 Å². The molecule has 3 nitrogen and oxygen atoms in total. The highest BCUT2D eigenvalue weighted by Crippen LogP contribution is 2.24. The summed E-state index contributed by atoms with van der Waals surface area (Å²) in [5, 5.41) is 4.27. The predicted octanol–water partition coefficient (Wildman–Crippen LogP) is 6.46. The highest BCUT2D eigenvalue weighted by atomic mass is 79.9. The molecule has 0 aliphatic carbocycles. The number of amides is 1. The summed E-state index contributed by atoms with van der Waals surface area (Å²) in [5.74, 6) is -0.249. The van der Waals surface area contributed by atoms with Gasteiger partial charge < -0.3 is 0 Å². The Morgan fingerprint density at radius 2 is 1.92 bits per heavy atom. The van der Waals surface area contributed by atoms with Gasteiger partial charge >= 0.3 is 0 Å². The predicted molar refractivity (Wildman–Crippen MR) is 113 cm³/mol. The number of thiazole rings is 1. The lowest BCUT2D eigenvalue weighted by Gasteiger charge is -1.99. The zero-order valence-electron chi connectivity index (χ0n) is 13.4. The molecule has 7 heteroatoms. The van der Waals surface area contributed by atoms with Gasteiger partial charge in [-0.25, -0.2) is 4.98 Å². The maximum atomic E-state index is 12.0. The van der Waals surface area contributed by atoms with Gasteiger partial charge in [0.2, 0.25) is 5.91 Å². The number of halogens is 3. The van der Waals surface area contributed by atoms with E-state index in [1.54, 1.807) is 30.5 Å². The first kappa shape index (κ1) is 19.1. The number of hydrogen-bond acceptors (Lipinski definition) is 3. The fourth-order valence-electron chi connectivity index (χ4n) is 2.19. The molecule has 0 aliphatic rings. The normalized spacial score (nSPS) is 11.0. The van der Waals surface area contributed by atoms with Crippen LogP contribution < -0.4 is 5.32 Å². The molecule has 3 rings (SSSR count). The smallest absolute Gasteiger partial charge is 0.250 e. The molecule has 132 valence electrons. The van der Waals surface area contributed by atoms with E-state index in [0.717, 1.165) is 21.3 Å². The lowest BCUT2D eigenvalue weighted by molar-refractivity contribution is -0.111. The highest BCUT2D eigenvalue weighted by molar-refractivity contribution is 9.10. The number of carbonyl (C=O) groups excluding carboxylic acids is 1. The second kappa shape index (κ2) is 8.82. The van der Waals surface area contributed by atoms with Crippen molar-refractivity contribution in [1.29, 1.82) is 0 Å². The lowest BCUT2D eigenvalue weighted by Crippen LogP contribution is -2.07. The Balaban J connectivity index is 1.59. The third kappa shape index (κ3) is 5.42. The summed E-state index contributed by atoms with van der Waals surface area (Å²) in [4.78, 5) is 17.4. The van der Waals surface area contributed by atoms with Crippen molar-refractivity contribution in [2.24, 2.45) is 0 Å². The molecule has 0 bridgehead atoms. The molecular weight excluding hydrogens is 455 g/mol. The number of anilines is 1. The maximum absolute atomic E-state index is 12.0. The van der Waals surface area contributed by atoms with Gasteiger partial charge in [-0.1, -0.05) is 57.3 Å². The van der Waals surface area contributed by atoms with Crippen LogP contribution in [0.25, 0.3) is 6.08 Å². The number of carbonyl (C=O) groups is 1. The van der Waals surface area contributed by atoms with Crippen LogP contribution in [0.1, 0.15) is 16.0 Å². The van der Waals surface area contributed by atoms with Crippen LogP contribution in [-0.2, 0) is 11.2 Å². The van der Waals surface area contributed by atoms with Crippen molar-refractivity contribution in [2.45, 2.75) is 6.42 Å². The molecule has 1 heterocycles. The molecule has 0 saturated heterocycles. The number of benzene rings is 2. The lowest BCUT2D eigenvalue weighted by atomic mass is 10.1. The van der Waals surface area contributed by atoms with Crippen LogP contribution >= 0.6 is 50.5 Å². The first-order valence-corrected chi connectivity index (χ1v) is 9.99. The Bertz CT molecular complexity index is 954. The minimum Gasteiger partial charge on any atom is -0.298 e. The Morgan fingerprint density at radius 3 is 2.65 bits per heavy atom. The summed E-state index contributed by atoms with van der Waals surface area (Å²) >= 11 is 16.7. The number of rotatable bonds is 5. The summed E-state index contributed by atoms with van der Waals surface area (Å²) in [7, 11) is 0. The van der Waals surface area contributed by atoms with E-state index in [1.807, 2.05) is 12.1 Å². The largest absolute Gasteiger partial charge is 0.298 e. The Labute approximate surface area is 173 Å². The SMILES string of the molecule is O=C(/C=C\c1ccc(Cl)c(Cl)c1)Nc1ncc(Cc2ccc(Br)cc2)s1. The molecule has 0 radical (unpaired) electrons. The quantitative estimate of drug-likeness (QED) is 0.437. The first-order valence-electron chi connectivity index (χ1n) is 7.63. The molecule has 0 fully saturated rings. The van der Waals surface area contributed by atoms with E-state index in [4.69, 9.17) is 23.2 Å². The summed E-state index contributed by atoms with van der Waals surface area (Å²) in [6.07, 6.45) is 5.67. The van der Waals surface area contributed by atoms with Gasteiger partial charge in [0.25, 0.3) is 0 Å². The Morgan fingerprint density at radius 1 is 1.15 bits per heavy atom. The third-order valence-electron chi connectivity index (χ3n) is 3.45. The van der Waals surface area contributed by atoms with Gasteiger partial charge in [-0.05, 0) is 41.5 Å². The van der Waals surface area contributed by atoms with E-state index in [1.165, 1.54) is 23.0 Å². The van der Waals surface area contributed by atoms with Crippen LogP contribution in [0.5, 0.6) is 0 Å². The molecule has 1 aromatic heterocycles. The second-order valence-electron chi connectivity index (χ2n) is 5.43. The van der Waals surface area contributed by atoms with Crippen molar-refractivity contribution >= 4 is 67.6 Å². The Kier molecular flexibility index (Phi) is 6.48. The van der Waals surface area contributed by atoms with Crippen molar-refractivity contribution < 1.29 is 4.79 Å². The van der Waals surface area contributed by atoms with Gasteiger partial charge in [0.1, 0.15) is 0 Å². The van der Waals surface area contributed by atoms with E-state index in [-0.39, 0.29) is 5.91 Å². The van der Waals surface area contributed by atoms with Crippen molar-refractivity contribution in [3.8, 4) is 0 Å². The van der Waals surface area contributed by atoms with Crippen LogP contribution in [0.4, 0.5) is 5.13 Å². The van der Waals surface area contributed by atoms with Gasteiger partial charge in [-0.2, -0.15) is 0 Å². The van der Waals surface area contributed by atoms with Crippen LogP contribution in [0.2, 0.25) is 10.0 Å². The second-order valence-corrected chi connectivity index (χ2v) is 8.28. The number of hydrogen-bond donors (Lipinski definition) is 1. The van der Waals surface area contributed by atoms with Crippen molar-refractivity contribution in [3.05, 3.63) is 85.3 Å². The van der Waals surface area contributed by atoms with E-state index in [2.05, 4.69) is 38.4 Å². The minimum absolute atomic E-state index is 0.249. The molecule has 26 heavy (non-hydrogen) atoms. The van der Waals surface area contributed by atoms with Crippen molar-refractivity contribution in [2.75, 3.05) is 5.32 Å². The molecule has 3 aromatic rings. The molecule has 0 aliphatic heterocycles. The van der Waals surface area contributed by atoms with Crippen molar-refractivity contribution in [1.82, 2.24) is 4.98 Å². The summed E-state index contributed by atoms with van der Waals surface area (Å²) < 4.78 is 1.05. The molecule has 1 N–H and O–H groups in total. The minimum atomic E-state index is -0.249. The van der Waals surface area contributed by atoms with Crippen LogP contribution in [0, 0.1) is 0 Å². The van der Waals surface area contributed by atoms with E-state index < -0.39 is 0 Å². The molecular formula is C19H13BrCl2N2OS. The number of nitrogens with one attached hydrogen (secondary N) is 1. The zero-order chi connectivity index (χ0) is 18.5. The molecule has 0 unspecified atom stereocenters. The van der Waals surface area contributed by atoms with E-state index in [9.17, 15) is 4.79 Å². The molecule has 0 atom stereocenters. The fourth-order valence-corrected chi connectivity index (χ4v) is 3.61. The summed E-state index contributed by atoms with van der Waals surface area (Å²) in [5.41, 5.74) is 1.99. The average Bonchev–Trinajstić information content (AvgIpc) is 3.05. The van der Waals surface area contributed by atoms with Gasteiger partial charge in [-0.15, -0.1) is 11.3 Å². The molecule has 0 spiro atoms. The van der Waals surface area contributed by atoms with Crippen LogP contribution in [0.15, 0.2) is 59.2 Å². The van der Waals surface area contributed by atoms with Crippen molar-refractivity contribution in [3.63, 3.8) is 0 Å².